The van der Waals surface area contributed by atoms with Crippen molar-refractivity contribution in [3.63, 3.8) is 0 Å². The number of urea groups is 1. The van der Waals surface area contributed by atoms with Gasteiger partial charge in [0.05, 0.1) is 18.2 Å². The number of aromatic hydroxyl groups is 1. The molecule has 2 atom stereocenters. The van der Waals surface area contributed by atoms with E-state index in [1.54, 1.807) is 12.2 Å². The number of hydrogen-bond acceptors (Lipinski definition) is 5. The average Bonchev–Trinajstić information content (AvgIpc) is 2.56. The van der Waals surface area contributed by atoms with Crippen molar-refractivity contribution in [2.75, 3.05) is 13.7 Å². The third kappa shape index (κ3) is 4.06. The van der Waals surface area contributed by atoms with Gasteiger partial charge in [-0.15, -0.1) is 0 Å². The number of methoxy groups -OCH3 is 1. The highest BCUT2D eigenvalue weighted by Gasteiger charge is 2.39. The van der Waals surface area contributed by atoms with Gasteiger partial charge in [-0.25, -0.2) is 4.79 Å². The van der Waals surface area contributed by atoms with Gasteiger partial charge in [-0.2, -0.15) is 0 Å². The number of carbonyl (C=O) groups is 2. The lowest BCUT2D eigenvalue weighted by Crippen LogP contribution is -2.51. The summed E-state index contributed by atoms with van der Waals surface area (Å²) in [5, 5.41) is 15.0. The van der Waals surface area contributed by atoms with Crippen molar-refractivity contribution in [3.05, 3.63) is 47.1 Å². The minimum Gasteiger partial charge on any atom is -0.503 e. The summed E-state index contributed by atoms with van der Waals surface area (Å²) in [6, 6.07) is 1.67. The fourth-order valence-electron chi connectivity index (χ4n) is 2.48. The lowest BCUT2D eigenvalue weighted by atomic mass is 9.89. The van der Waals surface area contributed by atoms with Gasteiger partial charge in [-0.3, -0.25) is 4.79 Å². The number of halogens is 1. The molecule has 2 amide bonds. The predicted molar refractivity (Wildman–Crippen MR) is 92.5 cm³/mol. The van der Waals surface area contributed by atoms with Gasteiger partial charge in [0.2, 0.25) is 0 Å². The molecular weight excluding hydrogens is 348 g/mol. The number of benzene rings is 1. The zero-order valence-corrected chi connectivity index (χ0v) is 14.6. The number of esters is 1. The van der Waals surface area contributed by atoms with E-state index >= 15 is 0 Å². The average molecular weight is 367 g/mol. The molecule has 1 aromatic rings. The first kappa shape index (κ1) is 18.7. The highest BCUT2D eigenvalue weighted by Crippen LogP contribution is 2.39. The van der Waals surface area contributed by atoms with E-state index in [0.717, 1.165) is 0 Å². The van der Waals surface area contributed by atoms with Crippen LogP contribution in [-0.4, -0.2) is 30.8 Å². The van der Waals surface area contributed by atoms with Crippen LogP contribution >= 0.6 is 11.6 Å². The Kier molecular flexibility index (Phi) is 5.93. The third-order valence-corrected chi connectivity index (χ3v) is 4.00. The molecule has 0 aromatic heterocycles. The molecule has 1 saturated heterocycles. The van der Waals surface area contributed by atoms with Gasteiger partial charge in [0.1, 0.15) is 12.5 Å². The molecule has 0 spiro atoms. The van der Waals surface area contributed by atoms with E-state index in [4.69, 9.17) is 21.1 Å². The van der Waals surface area contributed by atoms with Crippen molar-refractivity contribution >= 4 is 23.6 Å². The summed E-state index contributed by atoms with van der Waals surface area (Å²) in [6.45, 7) is 5.67. The van der Waals surface area contributed by atoms with Crippen LogP contribution in [0.15, 0.2) is 36.6 Å². The normalized spacial score (nSPS) is 20.1. The minimum atomic E-state index is -0.867. The van der Waals surface area contributed by atoms with E-state index in [1.165, 1.54) is 19.2 Å². The molecule has 25 heavy (non-hydrogen) atoms. The molecule has 8 heteroatoms. The molecule has 1 aliphatic heterocycles. The molecule has 0 saturated carbocycles. The Hall–Kier alpha value is -2.67. The number of hydrogen-bond donors (Lipinski definition) is 3. The Labute approximate surface area is 150 Å². The zero-order chi connectivity index (χ0) is 18.6. The van der Waals surface area contributed by atoms with Crippen LogP contribution in [0.3, 0.4) is 0 Å². The molecule has 0 bridgehead atoms. The van der Waals surface area contributed by atoms with Crippen molar-refractivity contribution < 1.29 is 24.2 Å². The molecule has 0 aliphatic carbocycles. The summed E-state index contributed by atoms with van der Waals surface area (Å²) in [7, 11) is 1.37. The topological polar surface area (TPSA) is 96.9 Å². The van der Waals surface area contributed by atoms with E-state index < -0.39 is 24.0 Å². The lowest BCUT2D eigenvalue weighted by Gasteiger charge is -2.33. The summed E-state index contributed by atoms with van der Waals surface area (Å²) in [5.74, 6) is -1.52. The predicted octanol–water partition coefficient (Wildman–Crippen LogP) is 2.66. The summed E-state index contributed by atoms with van der Waals surface area (Å²) >= 11 is 6.01. The molecule has 1 aliphatic rings. The van der Waals surface area contributed by atoms with E-state index in [1.807, 2.05) is 6.92 Å². The zero-order valence-electron chi connectivity index (χ0n) is 13.8. The van der Waals surface area contributed by atoms with Crippen LogP contribution < -0.4 is 15.4 Å². The Balaban J connectivity index is 2.40. The quantitative estimate of drug-likeness (QED) is 0.550. The van der Waals surface area contributed by atoms with E-state index in [-0.39, 0.29) is 28.8 Å². The van der Waals surface area contributed by atoms with Crippen LogP contribution in [0.2, 0.25) is 5.02 Å². The summed E-state index contributed by atoms with van der Waals surface area (Å²) in [5.41, 5.74) is 0.686. The largest absolute Gasteiger partial charge is 0.503 e. The lowest BCUT2D eigenvalue weighted by molar-refractivity contribution is -0.147. The van der Waals surface area contributed by atoms with Crippen molar-refractivity contribution in [2.45, 2.75) is 13.0 Å². The second-order valence-electron chi connectivity index (χ2n) is 5.33. The number of phenols is 1. The molecular formula is C17H19ClN2O5. The molecule has 1 fully saturated rings. The second-order valence-corrected chi connectivity index (χ2v) is 5.74. The van der Waals surface area contributed by atoms with E-state index in [9.17, 15) is 14.7 Å². The van der Waals surface area contributed by atoms with Gasteiger partial charge < -0.3 is 25.2 Å². The highest BCUT2D eigenvalue weighted by atomic mass is 35.5. The number of rotatable bonds is 5. The van der Waals surface area contributed by atoms with E-state index in [0.29, 0.717) is 5.56 Å². The number of nitrogens with one attached hydrogen (secondary N) is 2. The van der Waals surface area contributed by atoms with Crippen LogP contribution in [0, 0.1) is 5.92 Å². The number of allylic oxidation sites excluding steroid dienone is 1. The number of amides is 2. The first-order valence-corrected chi connectivity index (χ1v) is 7.87. The molecule has 7 nitrogen and oxygen atoms in total. The maximum Gasteiger partial charge on any atom is 0.319 e. The van der Waals surface area contributed by atoms with Gasteiger partial charge in [0, 0.05) is 5.70 Å². The fourth-order valence-corrected chi connectivity index (χ4v) is 2.70. The summed E-state index contributed by atoms with van der Waals surface area (Å²) < 4.78 is 10.3. The van der Waals surface area contributed by atoms with Gasteiger partial charge in [0.15, 0.2) is 11.5 Å². The summed E-state index contributed by atoms with van der Waals surface area (Å²) in [6.07, 6.45) is 3.44. The number of phenolic OH excluding ortho intramolecular Hbond substituents is 1. The molecule has 2 rings (SSSR count). The maximum atomic E-state index is 12.5. The Morgan fingerprint density at radius 3 is 2.84 bits per heavy atom. The van der Waals surface area contributed by atoms with Crippen LogP contribution in [0.1, 0.15) is 18.5 Å². The van der Waals surface area contributed by atoms with Crippen molar-refractivity contribution in [2.24, 2.45) is 5.92 Å². The van der Waals surface area contributed by atoms with Crippen molar-refractivity contribution in [1.29, 1.82) is 0 Å². The monoisotopic (exact) mass is 366 g/mol. The SMILES string of the molecule is C=C1NC(=O)N[C@@H](c2cc(Cl)c(O)c(OC)c2)[C@H]1C(=O)OC/C=C/C. The van der Waals surface area contributed by atoms with Gasteiger partial charge in [-0.05, 0) is 24.6 Å². The molecule has 1 heterocycles. The molecule has 134 valence electrons. The standard InChI is InChI=1S/C17H19ClN2O5/c1-4-5-6-25-16(22)13-9(2)19-17(23)20-14(13)10-7-11(18)15(21)12(8-10)24-3/h4-5,7-8,13-14,21H,2,6H2,1,3H3,(H2,19,20,23)/b5-4+/t13-,14-/m0/s1. The smallest absolute Gasteiger partial charge is 0.319 e. The maximum absolute atomic E-state index is 12.5. The number of ether oxygens (including phenoxy) is 2. The first-order valence-electron chi connectivity index (χ1n) is 7.49. The second kappa shape index (κ2) is 7.94. The molecule has 0 unspecified atom stereocenters. The van der Waals surface area contributed by atoms with Crippen LogP contribution in [-0.2, 0) is 9.53 Å². The minimum absolute atomic E-state index is 0.0359. The van der Waals surface area contributed by atoms with Crippen molar-refractivity contribution in [1.82, 2.24) is 10.6 Å². The third-order valence-electron chi connectivity index (χ3n) is 3.71. The Morgan fingerprint density at radius 1 is 1.48 bits per heavy atom. The first-order chi connectivity index (χ1) is 11.9. The van der Waals surface area contributed by atoms with Gasteiger partial charge in [0.25, 0.3) is 0 Å². The molecule has 0 radical (unpaired) electrons. The van der Waals surface area contributed by atoms with E-state index in [2.05, 4.69) is 17.2 Å². The highest BCUT2D eigenvalue weighted by molar-refractivity contribution is 6.32. The molecule has 3 N–H and O–H groups in total. The van der Waals surface area contributed by atoms with Crippen LogP contribution in [0.5, 0.6) is 11.5 Å². The van der Waals surface area contributed by atoms with Gasteiger partial charge >= 0.3 is 12.0 Å². The van der Waals surface area contributed by atoms with Crippen LogP contribution in [0.25, 0.3) is 0 Å². The fraction of sp³-hybridized carbons (Fsp3) is 0.294. The van der Waals surface area contributed by atoms with Gasteiger partial charge in [-0.1, -0.05) is 30.3 Å². The Morgan fingerprint density at radius 2 is 2.20 bits per heavy atom. The Bertz CT molecular complexity index is 732. The van der Waals surface area contributed by atoms with Crippen LogP contribution in [0.4, 0.5) is 4.79 Å². The molecule has 1 aromatic carbocycles. The number of carbonyl (C=O) groups excluding carboxylic acids is 2. The summed E-state index contributed by atoms with van der Waals surface area (Å²) in [4.78, 5) is 24.3. The van der Waals surface area contributed by atoms with Crippen molar-refractivity contribution in [3.8, 4) is 11.5 Å².